The van der Waals surface area contributed by atoms with Gasteiger partial charge in [-0.05, 0) is 74.3 Å². The monoisotopic (exact) mass is 496 g/mol. The molecule has 5 rings (SSSR count). The number of benzene rings is 3. The van der Waals surface area contributed by atoms with E-state index in [1.165, 1.54) is 0 Å². The van der Waals surface area contributed by atoms with Crippen molar-refractivity contribution in [3.63, 3.8) is 0 Å². The summed E-state index contributed by atoms with van der Waals surface area (Å²) in [5.41, 5.74) is 7.89. The van der Waals surface area contributed by atoms with E-state index in [0.717, 1.165) is 44.8 Å². The van der Waals surface area contributed by atoms with Crippen molar-refractivity contribution in [1.29, 1.82) is 0 Å². The molecule has 0 atom stereocenters. The Morgan fingerprint density at radius 3 is 2.49 bits per heavy atom. The maximum absolute atomic E-state index is 13.3. The van der Waals surface area contributed by atoms with Crippen LogP contribution in [0.3, 0.4) is 0 Å². The Bertz CT molecular complexity index is 1460. The molecule has 1 aliphatic heterocycles. The number of carbonyl (C=O) groups is 1. The number of aromatic nitrogens is 2. The van der Waals surface area contributed by atoms with E-state index in [2.05, 4.69) is 41.6 Å². The standard InChI is InChI=1S/C30H32N4O3/c1-18-9-6-7-12-23(18)26-19(2)24(13-14-25(26)36-5)28-32-20(3)27(34-28)29(35)33-22-11-8-10-21(15-22)30(31-4)16-37-17-30/h6-15,31H,16-17H2,1-5H3,(H,32,34)(H,33,35). The van der Waals surface area contributed by atoms with Crippen LogP contribution < -0.4 is 15.4 Å². The van der Waals surface area contributed by atoms with Crippen molar-refractivity contribution in [3.8, 4) is 28.3 Å². The molecule has 1 aliphatic rings. The van der Waals surface area contributed by atoms with Gasteiger partial charge in [-0.15, -0.1) is 0 Å². The summed E-state index contributed by atoms with van der Waals surface area (Å²) >= 11 is 0. The van der Waals surface area contributed by atoms with Crippen molar-refractivity contribution >= 4 is 11.6 Å². The lowest BCUT2D eigenvalue weighted by molar-refractivity contribution is -0.0747. The van der Waals surface area contributed by atoms with Crippen molar-refractivity contribution in [1.82, 2.24) is 15.3 Å². The molecule has 2 heterocycles. The molecule has 4 aromatic rings. The molecule has 0 aliphatic carbocycles. The second kappa shape index (κ2) is 9.84. The van der Waals surface area contributed by atoms with Crippen molar-refractivity contribution in [2.24, 2.45) is 0 Å². The predicted octanol–water partition coefficient (Wildman–Crippen LogP) is 5.37. The summed E-state index contributed by atoms with van der Waals surface area (Å²) in [6.07, 6.45) is 0. The van der Waals surface area contributed by atoms with E-state index >= 15 is 0 Å². The van der Waals surface area contributed by atoms with E-state index in [0.29, 0.717) is 30.4 Å². The lowest BCUT2D eigenvalue weighted by Gasteiger charge is -2.41. The van der Waals surface area contributed by atoms with E-state index in [1.807, 2.05) is 62.5 Å². The average molecular weight is 497 g/mol. The summed E-state index contributed by atoms with van der Waals surface area (Å²) in [6.45, 7) is 7.23. The first-order valence-electron chi connectivity index (χ1n) is 12.4. The molecule has 1 amide bonds. The Morgan fingerprint density at radius 1 is 1.03 bits per heavy atom. The topological polar surface area (TPSA) is 88.3 Å². The molecule has 1 saturated heterocycles. The Morgan fingerprint density at radius 2 is 1.81 bits per heavy atom. The number of hydrogen-bond acceptors (Lipinski definition) is 5. The number of carbonyl (C=O) groups excluding carboxylic acids is 1. The second-order valence-corrected chi connectivity index (χ2v) is 9.55. The summed E-state index contributed by atoms with van der Waals surface area (Å²) in [7, 11) is 3.61. The molecule has 7 nitrogen and oxygen atoms in total. The van der Waals surface area contributed by atoms with Gasteiger partial charge in [0.25, 0.3) is 5.91 Å². The highest BCUT2D eigenvalue weighted by Crippen LogP contribution is 2.39. The van der Waals surface area contributed by atoms with Gasteiger partial charge >= 0.3 is 0 Å². The highest BCUT2D eigenvalue weighted by molar-refractivity contribution is 6.04. The van der Waals surface area contributed by atoms with Crippen LogP contribution in [0.1, 0.15) is 32.9 Å². The predicted molar refractivity (Wildman–Crippen MR) is 146 cm³/mol. The highest BCUT2D eigenvalue weighted by atomic mass is 16.5. The molecule has 0 spiro atoms. The minimum Gasteiger partial charge on any atom is -0.496 e. The number of rotatable bonds is 7. The van der Waals surface area contributed by atoms with E-state index in [9.17, 15) is 4.79 Å². The minimum absolute atomic E-state index is 0.211. The molecule has 3 aromatic carbocycles. The molecule has 0 saturated carbocycles. The van der Waals surface area contributed by atoms with Crippen LogP contribution in [0.2, 0.25) is 0 Å². The number of ether oxygens (including phenoxy) is 2. The molecular weight excluding hydrogens is 464 g/mol. The first-order valence-corrected chi connectivity index (χ1v) is 12.4. The highest BCUT2D eigenvalue weighted by Gasteiger charge is 2.38. The Balaban J connectivity index is 1.46. The lowest BCUT2D eigenvalue weighted by Crippen LogP contribution is -2.56. The van der Waals surface area contributed by atoms with Crippen LogP contribution >= 0.6 is 0 Å². The van der Waals surface area contributed by atoms with E-state index in [1.54, 1.807) is 7.11 Å². The first-order chi connectivity index (χ1) is 17.9. The Hall–Kier alpha value is -3.94. The molecule has 3 N–H and O–H groups in total. The number of nitrogens with one attached hydrogen (secondary N) is 3. The number of nitrogens with zero attached hydrogens (tertiary/aromatic N) is 1. The SMILES string of the molecule is CNC1(c2cccc(NC(=O)c3nc(-c4ccc(OC)c(-c5ccccc5C)c4C)[nH]c3C)c2)COC1. The summed E-state index contributed by atoms with van der Waals surface area (Å²) in [5.74, 6) is 1.19. The van der Waals surface area contributed by atoms with Crippen molar-refractivity contribution < 1.29 is 14.3 Å². The van der Waals surface area contributed by atoms with Crippen molar-refractivity contribution in [2.45, 2.75) is 26.3 Å². The van der Waals surface area contributed by atoms with Crippen LogP contribution in [0.4, 0.5) is 5.69 Å². The molecule has 0 bridgehead atoms. The van der Waals surface area contributed by atoms with Gasteiger partial charge in [-0.3, -0.25) is 4.79 Å². The fourth-order valence-corrected chi connectivity index (χ4v) is 4.96. The zero-order valence-electron chi connectivity index (χ0n) is 21.9. The Labute approximate surface area is 217 Å². The largest absolute Gasteiger partial charge is 0.496 e. The summed E-state index contributed by atoms with van der Waals surface area (Å²) in [5, 5.41) is 6.36. The molecule has 0 unspecified atom stereocenters. The molecule has 190 valence electrons. The molecule has 37 heavy (non-hydrogen) atoms. The van der Waals surface area contributed by atoms with Gasteiger partial charge < -0.3 is 25.1 Å². The number of aryl methyl sites for hydroxylation is 2. The second-order valence-electron chi connectivity index (χ2n) is 9.55. The first kappa shape index (κ1) is 24.7. The number of methoxy groups -OCH3 is 1. The molecule has 1 fully saturated rings. The van der Waals surface area contributed by atoms with E-state index < -0.39 is 0 Å². The van der Waals surface area contributed by atoms with Gasteiger partial charge in [-0.2, -0.15) is 0 Å². The third-order valence-electron chi connectivity index (χ3n) is 7.26. The van der Waals surface area contributed by atoms with E-state index in [-0.39, 0.29) is 11.4 Å². The van der Waals surface area contributed by atoms with Crippen LogP contribution in [0.5, 0.6) is 5.75 Å². The van der Waals surface area contributed by atoms with Crippen molar-refractivity contribution in [2.75, 3.05) is 32.7 Å². The molecule has 7 heteroatoms. The maximum Gasteiger partial charge on any atom is 0.276 e. The van der Waals surface area contributed by atoms with E-state index in [4.69, 9.17) is 14.5 Å². The van der Waals surface area contributed by atoms with Crippen LogP contribution in [-0.2, 0) is 10.3 Å². The number of likely N-dealkylation sites (N-methyl/N-ethyl adjacent to an activating group) is 1. The van der Waals surface area contributed by atoms with Gasteiger partial charge in [0, 0.05) is 22.5 Å². The summed E-state index contributed by atoms with van der Waals surface area (Å²) < 4.78 is 11.1. The molecule has 0 radical (unpaired) electrons. The number of imidazole rings is 1. The Kier molecular flexibility index (Phi) is 6.58. The number of H-pyrrole nitrogens is 1. The lowest BCUT2D eigenvalue weighted by atomic mass is 9.88. The third-order valence-corrected chi connectivity index (χ3v) is 7.26. The zero-order chi connectivity index (χ0) is 26.2. The normalized spacial score (nSPS) is 14.2. The van der Waals surface area contributed by atoms with Crippen LogP contribution in [-0.4, -0.2) is 43.2 Å². The third kappa shape index (κ3) is 4.41. The van der Waals surface area contributed by atoms with Gasteiger partial charge in [0.1, 0.15) is 17.3 Å². The zero-order valence-corrected chi connectivity index (χ0v) is 21.9. The van der Waals surface area contributed by atoms with Gasteiger partial charge in [0.15, 0.2) is 0 Å². The molecule has 1 aromatic heterocycles. The van der Waals surface area contributed by atoms with Crippen molar-refractivity contribution in [3.05, 3.63) is 88.7 Å². The number of hydrogen-bond donors (Lipinski definition) is 3. The molecular formula is C30H32N4O3. The van der Waals surface area contributed by atoms with Crippen LogP contribution in [0.15, 0.2) is 60.7 Å². The fraction of sp³-hybridized carbons (Fsp3) is 0.267. The van der Waals surface area contributed by atoms with Gasteiger partial charge in [0.2, 0.25) is 0 Å². The minimum atomic E-state index is -0.259. The summed E-state index contributed by atoms with van der Waals surface area (Å²) in [6, 6.07) is 20.0. The summed E-state index contributed by atoms with van der Waals surface area (Å²) in [4.78, 5) is 21.3. The maximum atomic E-state index is 13.3. The van der Waals surface area contributed by atoms with Crippen LogP contribution in [0.25, 0.3) is 22.5 Å². The van der Waals surface area contributed by atoms with Gasteiger partial charge in [-0.25, -0.2) is 4.98 Å². The van der Waals surface area contributed by atoms with Gasteiger partial charge in [0.05, 0.1) is 25.9 Å². The smallest absolute Gasteiger partial charge is 0.276 e. The number of amides is 1. The number of anilines is 1. The van der Waals surface area contributed by atoms with Crippen LogP contribution in [0, 0.1) is 20.8 Å². The van der Waals surface area contributed by atoms with Gasteiger partial charge in [-0.1, -0.05) is 36.4 Å². The fourth-order valence-electron chi connectivity index (χ4n) is 4.96. The average Bonchev–Trinajstić information content (AvgIpc) is 3.25. The number of aromatic amines is 1. The quantitative estimate of drug-likeness (QED) is 0.320.